The first-order valence-electron chi connectivity index (χ1n) is 21.1. The van der Waals surface area contributed by atoms with Crippen molar-refractivity contribution in [1.29, 1.82) is 0 Å². The lowest BCUT2D eigenvalue weighted by Gasteiger charge is -2.20. The number of benzene rings is 1. The van der Waals surface area contributed by atoms with Crippen LogP contribution in [0.25, 0.3) is 0 Å². The van der Waals surface area contributed by atoms with Crippen LogP contribution in [0.1, 0.15) is 185 Å². The molecule has 7 nitrogen and oxygen atoms in total. The molecule has 2 aliphatic rings. The number of fused-ring (bicyclic) bond motifs is 2. The van der Waals surface area contributed by atoms with Gasteiger partial charge in [0, 0.05) is 22.8 Å². The summed E-state index contributed by atoms with van der Waals surface area (Å²) in [5, 5.41) is 32.3. The van der Waals surface area contributed by atoms with Crippen molar-refractivity contribution in [3.8, 4) is 17.2 Å². The molecule has 0 saturated heterocycles. The average Bonchev–Trinajstić information content (AvgIpc) is 3.54. The van der Waals surface area contributed by atoms with Gasteiger partial charge in [0.25, 0.3) is 0 Å². The molecule has 0 radical (unpaired) electrons. The molecule has 1 aliphatic heterocycles. The highest BCUT2D eigenvalue weighted by Gasteiger charge is 2.67. The number of aliphatic hydroxyl groups excluding tert-OH is 1. The van der Waals surface area contributed by atoms with Crippen molar-refractivity contribution in [2.24, 2.45) is 0 Å². The standard InChI is InChI=1S/C46H68O7/c1-3-5-7-9-11-13-15-17-19-21-23-25-27-29-31-33-36-40-39(35-38(47)41(36)48)53-45(52)46(40)43(50)37(42(49)44(46)51)34-32-30-28-26-24-22-20-18-16-14-12-10-8-6-4-2/h11,13,17-20,35,47-49H,3-10,12,14-16,21-34H2,1-2H3/b13-11-,19-17-,20-18-. The van der Waals surface area contributed by atoms with Gasteiger partial charge in [-0.3, -0.25) is 9.59 Å². The third kappa shape index (κ3) is 12.7. The van der Waals surface area contributed by atoms with Crippen LogP contribution < -0.4 is 4.74 Å². The maximum atomic E-state index is 14.0. The summed E-state index contributed by atoms with van der Waals surface area (Å²) >= 11 is 0. The van der Waals surface area contributed by atoms with Crippen molar-refractivity contribution >= 4 is 17.5 Å². The van der Waals surface area contributed by atoms with Crippen LogP contribution in [0.3, 0.4) is 0 Å². The predicted molar refractivity (Wildman–Crippen MR) is 215 cm³/mol. The number of carbonyl (C=O) groups is 3. The molecule has 0 fully saturated rings. The van der Waals surface area contributed by atoms with Crippen LogP contribution >= 0.6 is 0 Å². The normalized spacial score (nSPS) is 17.2. The first kappa shape index (κ1) is 43.8. The molecule has 1 aromatic rings. The van der Waals surface area contributed by atoms with Crippen molar-refractivity contribution in [2.45, 2.75) is 186 Å². The lowest BCUT2D eigenvalue weighted by atomic mass is 9.73. The number of Topliss-reactive ketones (excluding diaryl/α,β-unsaturated/α-hetero) is 2. The summed E-state index contributed by atoms with van der Waals surface area (Å²) in [5.41, 5.74) is -2.28. The van der Waals surface area contributed by atoms with E-state index in [-0.39, 0.29) is 35.3 Å². The van der Waals surface area contributed by atoms with Crippen molar-refractivity contribution in [1.82, 2.24) is 0 Å². The summed E-state index contributed by atoms with van der Waals surface area (Å²) in [6.45, 7) is 4.45. The van der Waals surface area contributed by atoms with Gasteiger partial charge in [0.15, 0.2) is 23.0 Å². The van der Waals surface area contributed by atoms with Gasteiger partial charge in [-0.2, -0.15) is 0 Å². The predicted octanol–water partition coefficient (Wildman–Crippen LogP) is 12.2. The maximum absolute atomic E-state index is 14.0. The van der Waals surface area contributed by atoms with E-state index in [2.05, 4.69) is 50.3 Å². The topological polar surface area (TPSA) is 121 Å². The molecule has 1 spiro atoms. The van der Waals surface area contributed by atoms with Gasteiger partial charge in [0.1, 0.15) is 5.75 Å². The van der Waals surface area contributed by atoms with Crippen LogP contribution in [0, 0.1) is 0 Å². The number of hydrogen-bond acceptors (Lipinski definition) is 7. The van der Waals surface area contributed by atoms with Crippen LogP contribution in [0.5, 0.6) is 17.2 Å². The van der Waals surface area contributed by atoms with E-state index in [0.717, 1.165) is 89.5 Å². The number of carbonyl (C=O) groups excluding carboxylic acids is 3. The molecule has 0 bridgehead atoms. The molecule has 53 heavy (non-hydrogen) atoms. The Morgan fingerprint density at radius 2 is 1.02 bits per heavy atom. The lowest BCUT2D eigenvalue weighted by Crippen LogP contribution is -2.46. The van der Waals surface area contributed by atoms with E-state index in [4.69, 9.17) is 4.74 Å². The quantitative estimate of drug-likeness (QED) is 0.0187. The number of phenols is 2. The molecular weight excluding hydrogens is 664 g/mol. The first-order chi connectivity index (χ1) is 25.8. The molecule has 1 aromatic carbocycles. The number of esters is 1. The molecule has 0 amide bonds. The van der Waals surface area contributed by atoms with Gasteiger partial charge >= 0.3 is 5.97 Å². The van der Waals surface area contributed by atoms with E-state index in [0.29, 0.717) is 12.8 Å². The zero-order valence-corrected chi connectivity index (χ0v) is 32.9. The Balaban J connectivity index is 1.45. The van der Waals surface area contributed by atoms with Gasteiger partial charge in [-0.05, 0) is 83.5 Å². The zero-order chi connectivity index (χ0) is 38.3. The number of aliphatic hydroxyl groups is 1. The Hall–Kier alpha value is -3.61. The minimum Gasteiger partial charge on any atom is -0.504 e. The molecule has 1 aliphatic carbocycles. The summed E-state index contributed by atoms with van der Waals surface area (Å²) in [6, 6.07) is 1.08. The Morgan fingerprint density at radius 1 is 0.566 bits per heavy atom. The molecule has 294 valence electrons. The summed E-state index contributed by atoms with van der Waals surface area (Å²) < 4.78 is 5.41. The van der Waals surface area contributed by atoms with Crippen LogP contribution in [0.15, 0.2) is 53.9 Å². The minimum absolute atomic E-state index is 0.0246. The van der Waals surface area contributed by atoms with Crippen LogP contribution in [-0.4, -0.2) is 32.9 Å². The third-order valence-electron chi connectivity index (χ3n) is 10.8. The Labute approximate surface area is 319 Å². The number of phenolic OH excluding ortho intramolecular Hbond substituents is 2. The minimum atomic E-state index is -2.37. The SMILES string of the molecule is CCCCC/C=C\C/C=C\CCCCCCCc1c(O)c(O)cc2c1C1(C(=O)O2)C(=O)C(O)=C(CCCCCCC/C=C\CCCCCCCC)C1=O. The number of ether oxygens (including phenoxy) is 1. The smallest absolute Gasteiger partial charge is 0.338 e. The number of rotatable bonds is 29. The Kier molecular flexibility index (Phi) is 20.4. The number of aromatic hydroxyl groups is 2. The first-order valence-corrected chi connectivity index (χ1v) is 21.1. The molecule has 3 N–H and O–H groups in total. The number of hydrogen-bond donors (Lipinski definition) is 3. The molecule has 0 aromatic heterocycles. The van der Waals surface area contributed by atoms with Gasteiger partial charge in [0.05, 0.1) is 0 Å². The van der Waals surface area contributed by atoms with Gasteiger partial charge < -0.3 is 20.1 Å². The third-order valence-corrected chi connectivity index (χ3v) is 10.8. The summed E-state index contributed by atoms with van der Waals surface area (Å²) in [4.78, 5) is 41.0. The molecule has 7 heteroatoms. The lowest BCUT2D eigenvalue weighted by molar-refractivity contribution is -0.146. The summed E-state index contributed by atoms with van der Waals surface area (Å²) in [6.07, 6.45) is 40.0. The Morgan fingerprint density at radius 3 is 1.58 bits per heavy atom. The number of unbranched alkanes of at least 4 members (excludes halogenated alkanes) is 19. The van der Waals surface area contributed by atoms with Crippen LogP contribution in [-0.2, 0) is 26.2 Å². The molecular formula is C46H68O7. The van der Waals surface area contributed by atoms with Gasteiger partial charge in [0.2, 0.25) is 11.2 Å². The van der Waals surface area contributed by atoms with E-state index < -0.39 is 40.2 Å². The summed E-state index contributed by atoms with van der Waals surface area (Å²) in [7, 11) is 0. The number of ketones is 2. The maximum Gasteiger partial charge on any atom is 0.338 e. The van der Waals surface area contributed by atoms with Crippen molar-refractivity contribution in [3.05, 3.63) is 65.0 Å². The molecule has 1 heterocycles. The van der Waals surface area contributed by atoms with Gasteiger partial charge in [-0.25, -0.2) is 4.79 Å². The van der Waals surface area contributed by atoms with Gasteiger partial charge in [-0.1, -0.05) is 134 Å². The average molecular weight is 733 g/mol. The van der Waals surface area contributed by atoms with Gasteiger partial charge in [-0.15, -0.1) is 0 Å². The van der Waals surface area contributed by atoms with E-state index in [9.17, 15) is 29.7 Å². The van der Waals surface area contributed by atoms with E-state index >= 15 is 0 Å². The zero-order valence-electron chi connectivity index (χ0n) is 32.9. The summed E-state index contributed by atoms with van der Waals surface area (Å²) in [5.74, 6) is -4.59. The number of allylic oxidation sites excluding steroid dienone is 8. The highest BCUT2D eigenvalue weighted by Crippen LogP contribution is 2.53. The second kappa shape index (κ2) is 24.7. The van der Waals surface area contributed by atoms with Crippen molar-refractivity contribution in [3.63, 3.8) is 0 Å². The Bertz CT molecular complexity index is 1430. The monoisotopic (exact) mass is 732 g/mol. The molecule has 3 rings (SSSR count). The second-order valence-corrected chi connectivity index (χ2v) is 15.0. The van der Waals surface area contributed by atoms with E-state index in [1.165, 1.54) is 57.8 Å². The highest BCUT2D eigenvalue weighted by atomic mass is 16.5. The fraction of sp³-hybridized carbons (Fsp3) is 0.630. The van der Waals surface area contributed by atoms with E-state index in [1.807, 2.05) is 0 Å². The fourth-order valence-corrected chi connectivity index (χ4v) is 7.58. The fourth-order valence-electron chi connectivity index (χ4n) is 7.58. The molecule has 0 saturated carbocycles. The molecule has 1 atom stereocenters. The largest absolute Gasteiger partial charge is 0.504 e. The van der Waals surface area contributed by atoms with E-state index in [1.54, 1.807) is 0 Å². The second-order valence-electron chi connectivity index (χ2n) is 15.0. The molecule has 1 unspecified atom stereocenters. The van der Waals surface area contributed by atoms with Crippen LogP contribution in [0.4, 0.5) is 0 Å². The van der Waals surface area contributed by atoms with Crippen LogP contribution in [0.2, 0.25) is 0 Å². The van der Waals surface area contributed by atoms with Crippen molar-refractivity contribution < 1.29 is 34.4 Å². The highest BCUT2D eigenvalue weighted by molar-refractivity contribution is 6.42. The van der Waals surface area contributed by atoms with Crippen molar-refractivity contribution in [2.75, 3.05) is 0 Å².